The highest BCUT2D eigenvalue weighted by atomic mass is 16.8. The van der Waals surface area contributed by atoms with E-state index in [4.69, 9.17) is 24.7 Å². The van der Waals surface area contributed by atoms with Crippen molar-refractivity contribution in [3.8, 4) is 34.4 Å². The molecule has 2 atom stereocenters. The number of ether oxygens (including phenoxy) is 3. The van der Waals surface area contributed by atoms with Crippen LogP contribution in [0.5, 0.6) is 0 Å². The first-order valence-electron chi connectivity index (χ1n) is 20.3. The first-order chi connectivity index (χ1) is 26.1. The second-order valence-corrected chi connectivity index (χ2v) is 16.1. The number of nitriles is 2. The lowest BCUT2D eigenvalue weighted by Crippen LogP contribution is -2.58. The van der Waals surface area contributed by atoms with E-state index >= 15 is 0 Å². The molecule has 5 nitrogen and oxygen atoms in total. The molecule has 2 heterocycles. The summed E-state index contributed by atoms with van der Waals surface area (Å²) in [6, 6.07) is 38.4. The van der Waals surface area contributed by atoms with Gasteiger partial charge in [0.1, 0.15) is 0 Å². The van der Waals surface area contributed by atoms with Crippen LogP contribution < -0.4 is 0 Å². The summed E-state index contributed by atoms with van der Waals surface area (Å²) in [5.74, 6) is 0.747. The normalized spacial score (nSPS) is 29.1. The van der Waals surface area contributed by atoms with E-state index in [0.717, 1.165) is 114 Å². The van der Waals surface area contributed by atoms with Crippen LogP contribution in [0, 0.1) is 34.5 Å². The summed E-state index contributed by atoms with van der Waals surface area (Å²) in [6.07, 6.45) is 15.5. The van der Waals surface area contributed by atoms with Crippen molar-refractivity contribution in [2.75, 3.05) is 13.2 Å². The van der Waals surface area contributed by atoms with Crippen molar-refractivity contribution in [2.24, 2.45) is 11.8 Å². The zero-order valence-corrected chi connectivity index (χ0v) is 31.0. The molecule has 2 unspecified atom stereocenters. The quantitative estimate of drug-likeness (QED) is 0.182. The van der Waals surface area contributed by atoms with Gasteiger partial charge < -0.3 is 14.2 Å². The number of hydrogen-bond donors (Lipinski definition) is 0. The molecule has 0 radical (unpaired) electrons. The van der Waals surface area contributed by atoms with Crippen molar-refractivity contribution in [3.63, 3.8) is 0 Å². The summed E-state index contributed by atoms with van der Waals surface area (Å²) in [6.45, 7) is 1.55. The third-order valence-corrected chi connectivity index (χ3v) is 13.0. The Balaban J connectivity index is 0.924. The molecule has 53 heavy (non-hydrogen) atoms. The van der Waals surface area contributed by atoms with E-state index in [2.05, 4.69) is 60.7 Å². The fourth-order valence-corrected chi connectivity index (χ4v) is 9.95. The SMILES string of the molecule is N#Cc1ccc(-c2ccc(C3CCC(C4(OC5(C6CCC(c7ccc(-c8ccc(C#N)cc8)cc7)CC6)CCCCO5)CCCCO4)CC3)cc2)cc1. The molecule has 272 valence electrons. The van der Waals surface area contributed by atoms with E-state index in [0.29, 0.717) is 34.8 Å². The van der Waals surface area contributed by atoms with Gasteiger partial charge in [0, 0.05) is 24.7 Å². The predicted octanol–water partition coefficient (Wildman–Crippen LogP) is 11.8. The van der Waals surface area contributed by atoms with Crippen LogP contribution in [0.2, 0.25) is 0 Å². The van der Waals surface area contributed by atoms with Gasteiger partial charge in [-0.3, -0.25) is 0 Å². The minimum atomic E-state index is -0.557. The van der Waals surface area contributed by atoms with Gasteiger partial charge >= 0.3 is 0 Å². The second-order valence-electron chi connectivity index (χ2n) is 16.1. The average molecular weight is 705 g/mol. The van der Waals surface area contributed by atoms with E-state index < -0.39 is 11.6 Å². The molecule has 4 aliphatic rings. The molecule has 0 N–H and O–H groups in total. The first-order valence-corrected chi connectivity index (χ1v) is 20.3. The van der Waals surface area contributed by atoms with Gasteiger partial charge in [-0.1, -0.05) is 72.8 Å². The summed E-state index contributed by atoms with van der Waals surface area (Å²) < 4.78 is 21.3. The molecule has 4 aromatic rings. The summed E-state index contributed by atoms with van der Waals surface area (Å²) in [5, 5.41) is 18.3. The third kappa shape index (κ3) is 7.72. The summed E-state index contributed by atoms with van der Waals surface area (Å²) in [7, 11) is 0. The molecule has 2 aliphatic heterocycles. The number of hydrogen-bond acceptors (Lipinski definition) is 5. The van der Waals surface area contributed by atoms with Crippen molar-refractivity contribution in [1.82, 2.24) is 0 Å². The minimum Gasteiger partial charge on any atom is -0.349 e. The molecule has 5 heteroatoms. The Labute approximate surface area is 315 Å². The largest absolute Gasteiger partial charge is 0.349 e. The van der Waals surface area contributed by atoms with E-state index in [1.165, 1.54) is 22.3 Å². The third-order valence-electron chi connectivity index (χ3n) is 13.0. The molecule has 8 rings (SSSR count). The van der Waals surface area contributed by atoms with Gasteiger partial charge in [-0.25, -0.2) is 0 Å². The van der Waals surface area contributed by atoms with Crippen LogP contribution in [-0.2, 0) is 14.2 Å². The molecule has 4 aromatic carbocycles. The van der Waals surface area contributed by atoms with Crippen LogP contribution in [-0.4, -0.2) is 24.8 Å². The lowest BCUT2D eigenvalue weighted by molar-refractivity contribution is -0.409. The Morgan fingerprint density at radius 1 is 0.453 bits per heavy atom. The maximum absolute atomic E-state index is 9.16. The average Bonchev–Trinajstić information content (AvgIpc) is 3.25. The van der Waals surface area contributed by atoms with Gasteiger partial charge in [-0.15, -0.1) is 0 Å². The lowest BCUT2D eigenvalue weighted by Gasteiger charge is -2.54. The summed E-state index contributed by atoms with van der Waals surface area (Å²) >= 11 is 0. The van der Waals surface area contributed by atoms with Crippen molar-refractivity contribution >= 4 is 0 Å². The standard InChI is InChI=1S/C48H52N2O3/c49-33-35-5-9-37(10-6-35)39-13-17-41(18-14-39)43-21-25-45(26-22-43)47(29-1-3-31-51-47)53-48(30-2-4-32-52-48)46-27-23-44(24-28-46)42-19-15-40(16-20-42)38-11-7-36(34-50)8-12-38/h5-20,43-46H,1-4,21-32H2. The first kappa shape index (κ1) is 35.8. The van der Waals surface area contributed by atoms with E-state index in [9.17, 15) is 0 Å². The maximum Gasteiger partial charge on any atom is 0.174 e. The van der Waals surface area contributed by atoms with E-state index in [1.54, 1.807) is 0 Å². The zero-order chi connectivity index (χ0) is 36.1. The molecule has 2 aliphatic carbocycles. The van der Waals surface area contributed by atoms with Gasteiger partial charge in [0.15, 0.2) is 11.6 Å². The zero-order valence-electron chi connectivity index (χ0n) is 31.0. The predicted molar refractivity (Wildman–Crippen MR) is 209 cm³/mol. The molecule has 0 bridgehead atoms. The fraction of sp³-hybridized carbons (Fsp3) is 0.458. The van der Waals surface area contributed by atoms with Crippen molar-refractivity contribution in [2.45, 2.75) is 113 Å². The van der Waals surface area contributed by atoms with Crippen LogP contribution in [0.25, 0.3) is 22.3 Å². The van der Waals surface area contributed by atoms with E-state index in [1.807, 2.05) is 48.5 Å². The Morgan fingerprint density at radius 3 is 1.09 bits per heavy atom. The smallest absolute Gasteiger partial charge is 0.174 e. The van der Waals surface area contributed by atoms with Crippen LogP contribution in [0.3, 0.4) is 0 Å². The van der Waals surface area contributed by atoms with Crippen LogP contribution >= 0.6 is 0 Å². The monoisotopic (exact) mass is 704 g/mol. The van der Waals surface area contributed by atoms with Gasteiger partial charge in [-0.05, 0) is 147 Å². The molecular weight excluding hydrogens is 653 g/mol. The van der Waals surface area contributed by atoms with Crippen LogP contribution in [0.4, 0.5) is 0 Å². The highest BCUT2D eigenvalue weighted by Crippen LogP contribution is 2.52. The molecular formula is C48H52N2O3. The van der Waals surface area contributed by atoms with Gasteiger partial charge in [0.05, 0.1) is 36.5 Å². The highest BCUT2D eigenvalue weighted by Gasteiger charge is 2.53. The molecule has 2 saturated heterocycles. The van der Waals surface area contributed by atoms with Crippen molar-refractivity contribution in [1.29, 1.82) is 10.5 Å². The molecule has 0 aromatic heterocycles. The Kier molecular flexibility index (Phi) is 10.8. The van der Waals surface area contributed by atoms with Crippen LogP contribution in [0.15, 0.2) is 97.1 Å². The Hall–Kier alpha value is -4.26. The number of benzene rings is 4. The van der Waals surface area contributed by atoms with Gasteiger partial charge in [-0.2, -0.15) is 10.5 Å². The highest BCUT2D eigenvalue weighted by molar-refractivity contribution is 5.65. The molecule has 0 spiro atoms. The molecule has 2 saturated carbocycles. The van der Waals surface area contributed by atoms with Crippen molar-refractivity contribution < 1.29 is 14.2 Å². The number of rotatable bonds is 8. The maximum atomic E-state index is 9.16. The van der Waals surface area contributed by atoms with Gasteiger partial charge in [0.25, 0.3) is 0 Å². The molecule has 4 fully saturated rings. The Morgan fingerprint density at radius 2 is 0.792 bits per heavy atom. The van der Waals surface area contributed by atoms with E-state index in [-0.39, 0.29) is 0 Å². The summed E-state index contributed by atoms with van der Waals surface area (Å²) in [4.78, 5) is 0. The Bertz CT molecular complexity index is 1730. The number of nitrogens with zero attached hydrogens (tertiary/aromatic N) is 2. The fourth-order valence-electron chi connectivity index (χ4n) is 9.95. The van der Waals surface area contributed by atoms with Crippen molar-refractivity contribution in [3.05, 3.63) is 119 Å². The lowest BCUT2D eigenvalue weighted by atomic mass is 9.72. The second kappa shape index (κ2) is 16.0. The summed E-state index contributed by atoms with van der Waals surface area (Å²) in [5.41, 5.74) is 8.92. The minimum absolute atomic E-state index is 0.380. The van der Waals surface area contributed by atoms with Crippen LogP contribution in [0.1, 0.15) is 124 Å². The topological polar surface area (TPSA) is 75.3 Å². The van der Waals surface area contributed by atoms with Gasteiger partial charge in [0.2, 0.25) is 0 Å². The molecule has 0 amide bonds.